The highest BCUT2D eigenvalue weighted by molar-refractivity contribution is 14.1. The lowest BCUT2D eigenvalue weighted by atomic mass is 10.1. The minimum absolute atomic E-state index is 0.203. The number of anilines is 2. The van der Waals surface area contributed by atoms with Gasteiger partial charge in [0.2, 0.25) is 5.82 Å². The van der Waals surface area contributed by atoms with Crippen LogP contribution in [-0.2, 0) is 0 Å². The Hall–Kier alpha value is -3.58. The summed E-state index contributed by atoms with van der Waals surface area (Å²) in [6.45, 7) is 1.83. The van der Waals surface area contributed by atoms with Gasteiger partial charge in [-0.05, 0) is 83.6 Å². The molecule has 2 heterocycles. The van der Waals surface area contributed by atoms with E-state index in [0.717, 1.165) is 31.8 Å². The summed E-state index contributed by atoms with van der Waals surface area (Å²) >= 11 is 3.79. The van der Waals surface area contributed by atoms with Gasteiger partial charge in [-0.25, -0.2) is 9.07 Å². The Morgan fingerprint density at radius 3 is 2.76 bits per heavy atom. The summed E-state index contributed by atoms with van der Waals surface area (Å²) < 4.78 is 38.9. The molecule has 0 spiro atoms. The van der Waals surface area contributed by atoms with E-state index in [-0.39, 0.29) is 11.5 Å². The Morgan fingerprint density at radius 2 is 2.00 bits per heavy atom. The fraction of sp³-hybridized carbons (Fsp3) is 0.0769. The summed E-state index contributed by atoms with van der Waals surface area (Å²) in [5, 5.41) is 14.2. The third-order valence-electron chi connectivity index (χ3n) is 5.81. The van der Waals surface area contributed by atoms with E-state index < -0.39 is 11.6 Å². The molecule has 5 rings (SSSR count). The van der Waals surface area contributed by atoms with E-state index in [9.17, 15) is 8.78 Å². The van der Waals surface area contributed by atoms with E-state index >= 15 is 0 Å². The van der Waals surface area contributed by atoms with Gasteiger partial charge in [0.15, 0.2) is 11.6 Å². The molecule has 11 heteroatoms. The normalized spacial score (nSPS) is 11.2. The first kappa shape index (κ1) is 25.1. The van der Waals surface area contributed by atoms with Crippen LogP contribution in [0.3, 0.4) is 0 Å². The Labute approximate surface area is 229 Å². The SMILES string of the molecule is CSNc1cc2[nH]c(C(=N)c3cnn(-c4ccc(Oc5cccc(F)c5F)cc4C)c3N)cc2cc1I. The van der Waals surface area contributed by atoms with Gasteiger partial charge in [-0.2, -0.15) is 9.49 Å². The molecule has 0 radical (unpaired) electrons. The van der Waals surface area contributed by atoms with Crippen molar-refractivity contribution in [3.8, 4) is 17.2 Å². The molecule has 0 aliphatic rings. The summed E-state index contributed by atoms with van der Waals surface area (Å²) in [6, 6.07) is 14.8. The number of H-pyrrole nitrogens is 1. The number of rotatable bonds is 7. The standard InChI is InChI=1S/C26H21F2IN6OS/c1-13-8-15(36-23-5-3-4-17(27)24(23)28)6-7-22(13)35-26(31)16(12-32-35)25(30)21-10-14-9-18(29)20(34-37-2)11-19(14)33-21/h3-12,30,33-34H,31H2,1-2H3. The molecular formula is C26H21F2IN6OS. The third kappa shape index (κ3) is 4.76. The summed E-state index contributed by atoms with van der Waals surface area (Å²) in [5.74, 6) is -1.59. The van der Waals surface area contributed by atoms with Gasteiger partial charge in [-0.15, -0.1) is 0 Å². The van der Waals surface area contributed by atoms with Crippen LogP contribution in [0.25, 0.3) is 16.6 Å². The minimum atomic E-state index is -1.05. The maximum atomic E-state index is 14.0. The Balaban J connectivity index is 1.43. The lowest BCUT2D eigenvalue weighted by molar-refractivity contribution is 0.416. The van der Waals surface area contributed by atoms with Gasteiger partial charge in [0, 0.05) is 20.7 Å². The van der Waals surface area contributed by atoms with Crippen molar-refractivity contribution in [3.05, 3.63) is 92.8 Å². The molecule has 5 aromatic rings. The largest absolute Gasteiger partial charge is 0.454 e. The van der Waals surface area contributed by atoms with E-state index in [1.807, 2.05) is 25.3 Å². The van der Waals surface area contributed by atoms with Gasteiger partial charge >= 0.3 is 0 Å². The molecule has 0 unspecified atom stereocenters. The molecule has 37 heavy (non-hydrogen) atoms. The fourth-order valence-electron chi connectivity index (χ4n) is 3.98. The Bertz CT molecular complexity index is 1660. The molecule has 0 amide bonds. The lowest BCUT2D eigenvalue weighted by Crippen LogP contribution is -2.08. The average Bonchev–Trinajstić information content (AvgIpc) is 3.45. The number of aromatic nitrogens is 3. The average molecular weight is 630 g/mol. The quantitative estimate of drug-likeness (QED) is 0.0879. The van der Waals surface area contributed by atoms with Crippen LogP contribution in [0.2, 0.25) is 0 Å². The highest BCUT2D eigenvalue weighted by Gasteiger charge is 2.19. The number of nitrogen functional groups attached to an aromatic ring is 1. The van der Waals surface area contributed by atoms with Crippen molar-refractivity contribution in [2.24, 2.45) is 0 Å². The topological polar surface area (TPSA) is 105 Å². The number of ether oxygens (including phenoxy) is 1. The maximum Gasteiger partial charge on any atom is 0.201 e. The molecule has 0 saturated heterocycles. The Kier molecular flexibility index (Phi) is 6.82. The molecule has 188 valence electrons. The van der Waals surface area contributed by atoms with Gasteiger partial charge in [-0.1, -0.05) is 18.0 Å². The molecule has 5 N–H and O–H groups in total. The number of fused-ring (bicyclic) bond motifs is 1. The third-order valence-corrected chi connectivity index (χ3v) is 7.12. The number of hydrogen-bond donors (Lipinski definition) is 4. The van der Waals surface area contributed by atoms with Gasteiger partial charge in [0.1, 0.15) is 11.6 Å². The fourth-order valence-corrected chi connectivity index (χ4v) is 5.18. The zero-order valence-corrected chi connectivity index (χ0v) is 22.7. The summed E-state index contributed by atoms with van der Waals surface area (Å²) in [5.41, 5.74) is 11.1. The van der Waals surface area contributed by atoms with Crippen molar-refractivity contribution < 1.29 is 13.5 Å². The summed E-state index contributed by atoms with van der Waals surface area (Å²) in [6.07, 6.45) is 3.52. The van der Waals surface area contributed by atoms with Gasteiger partial charge in [0.25, 0.3) is 0 Å². The monoisotopic (exact) mass is 630 g/mol. The highest BCUT2D eigenvalue weighted by Crippen LogP contribution is 2.31. The van der Waals surface area contributed by atoms with Crippen LogP contribution in [0.1, 0.15) is 16.8 Å². The zero-order valence-electron chi connectivity index (χ0n) is 19.7. The molecule has 0 saturated carbocycles. The Morgan fingerprint density at radius 1 is 1.19 bits per heavy atom. The van der Waals surface area contributed by atoms with Gasteiger partial charge < -0.3 is 20.2 Å². The molecule has 0 fully saturated rings. The highest BCUT2D eigenvalue weighted by atomic mass is 127. The molecule has 0 atom stereocenters. The first-order valence-electron chi connectivity index (χ1n) is 11.0. The number of aromatic amines is 1. The first-order chi connectivity index (χ1) is 17.8. The molecule has 0 aliphatic heterocycles. The maximum absolute atomic E-state index is 14.0. The number of benzene rings is 3. The number of nitrogens with zero attached hydrogens (tertiary/aromatic N) is 2. The van der Waals surface area contributed by atoms with Crippen LogP contribution in [0, 0.1) is 27.5 Å². The molecular weight excluding hydrogens is 609 g/mol. The number of halogens is 3. The van der Waals surface area contributed by atoms with Crippen molar-refractivity contribution in [3.63, 3.8) is 0 Å². The molecule has 7 nitrogen and oxygen atoms in total. The second kappa shape index (κ2) is 10.1. The van der Waals surface area contributed by atoms with Crippen LogP contribution in [0.5, 0.6) is 11.5 Å². The summed E-state index contributed by atoms with van der Waals surface area (Å²) in [4.78, 5) is 3.30. The van der Waals surface area contributed by atoms with E-state index in [1.165, 1.54) is 28.8 Å². The minimum Gasteiger partial charge on any atom is -0.454 e. The lowest BCUT2D eigenvalue weighted by Gasteiger charge is -2.12. The second-order valence-corrected chi connectivity index (χ2v) is 10.0. The van der Waals surface area contributed by atoms with Crippen molar-refractivity contribution >= 4 is 62.7 Å². The number of nitrogens with two attached hydrogens (primary N) is 1. The first-order valence-corrected chi connectivity index (χ1v) is 13.3. The predicted molar refractivity (Wildman–Crippen MR) is 153 cm³/mol. The second-order valence-electron chi connectivity index (χ2n) is 8.24. The predicted octanol–water partition coefficient (Wildman–Crippen LogP) is 7.03. The van der Waals surface area contributed by atoms with Gasteiger partial charge in [-0.3, -0.25) is 5.41 Å². The molecule has 3 aromatic carbocycles. The zero-order chi connectivity index (χ0) is 26.3. The van der Waals surface area contributed by atoms with E-state index in [0.29, 0.717) is 28.5 Å². The van der Waals surface area contributed by atoms with E-state index in [1.54, 1.807) is 24.4 Å². The summed E-state index contributed by atoms with van der Waals surface area (Å²) in [7, 11) is 0. The van der Waals surface area contributed by atoms with E-state index in [4.69, 9.17) is 15.9 Å². The van der Waals surface area contributed by atoms with E-state index in [2.05, 4.69) is 43.5 Å². The number of hydrogen-bond acceptors (Lipinski definition) is 6. The van der Waals surface area contributed by atoms with Crippen molar-refractivity contribution in [2.45, 2.75) is 6.92 Å². The van der Waals surface area contributed by atoms with Crippen LogP contribution in [0.4, 0.5) is 20.3 Å². The molecule has 2 aromatic heterocycles. The number of nitrogens with one attached hydrogen (secondary N) is 3. The van der Waals surface area contributed by atoms with Crippen molar-refractivity contribution in [1.82, 2.24) is 14.8 Å². The molecule has 0 bridgehead atoms. The molecule has 0 aliphatic carbocycles. The van der Waals surface area contributed by atoms with Crippen molar-refractivity contribution in [2.75, 3.05) is 16.7 Å². The van der Waals surface area contributed by atoms with Crippen LogP contribution in [-0.4, -0.2) is 26.7 Å². The van der Waals surface area contributed by atoms with Gasteiger partial charge in [0.05, 0.1) is 34.5 Å². The van der Waals surface area contributed by atoms with Crippen LogP contribution in [0.15, 0.2) is 60.8 Å². The van der Waals surface area contributed by atoms with Crippen LogP contribution >= 0.6 is 34.5 Å². The van der Waals surface area contributed by atoms with Crippen molar-refractivity contribution in [1.29, 1.82) is 5.41 Å². The smallest absolute Gasteiger partial charge is 0.201 e. The number of aryl methyl sites for hydroxylation is 1. The van der Waals surface area contributed by atoms with Crippen LogP contribution < -0.4 is 15.2 Å².